The molecule has 1 aromatic heterocycles. The highest BCUT2D eigenvalue weighted by Gasteiger charge is 2.26. The Labute approximate surface area is 156 Å². The van der Waals surface area contributed by atoms with Crippen molar-refractivity contribution in [3.05, 3.63) is 26.4 Å². The first-order valence-electron chi connectivity index (χ1n) is 8.97. The first-order chi connectivity index (χ1) is 12.9. The second-order valence-electron chi connectivity index (χ2n) is 6.77. The van der Waals surface area contributed by atoms with E-state index in [1.807, 2.05) is 15.9 Å². The average molecular weight is 376 g/mol. The Bertz CT molecular complexity index is 869. The molecule has 0 saturated carbocycles. The molecule has 1 aromatic rings. The largest absolute Gasteiger partial charge is 0.378 e. The summed E-state index contributed by atoms with van der Waals surface area (Å²) in [5.41, 5.74) is -1.07. The van der Waals surface area contributed by atoms with Crippen molar-refractivity contribution in [3.63, 3.8) is 0 Å². The summed E-state index contributed by atoms with van der Waals surface area (Å²) in [6.45, 7) is 5.04. The third kappa shape index (κ3) is 3.74. The van der Waals surface area contributed by atoms with E-state index in [1.54, 1.807) is 7.05 Å². The van der Waals surface area contributed by atoms with E-state index in [-0.39, 0.29) is 11.5 Å². The number of hydrogen-bond donors (Lipinski definition) is 0. The van der Waals surface area contributed by atoms with Gasteiger partial charge < -0.3 is 14.5 Å². The van der Waals surface area contributed by atoms with Gasteiger partial charge in [-0.3, -0.25) is 23.6 Å². The number of ether oxygens (including phenoxy) is 1. The second kappa shape index (κ2) is 7.94. The smallest absolute Gasteiger partial charge is 0.332 e. The molecule has 0 atom stereocenters. The van der Waals surface area contributed by atoms with Crippen molar-refractivity contribution in [1.82, 2.24) is 18.9 Å². The zero-order chi connectivity index (χ0) is 19.6. The number of amides is 1. The lowest BCUT2D eigenvalue weighted by Gasteiger charge is -2.37. The number of aromatic nitrogens is 2. The Morgan fingerprint density at radius 2 is 1.67 bits per heavy atom. The molecule has 0 unspecified atom stereocenters. The molecule has 2 fully saturated rings. The zero-order valence-corrected chi connectivity index (χ0v) is 15.7. The van der Waals surface area contributed by atoms with Crippen LogP contribution in [0.3, 0.4) is 0 Å². The van der Waals surface area contributed by atoms with Crippen LogP contribution < -0.4 is 16.1 Å². The molecule has 10 nitrogen and oxygen atoms in total. The molecule has 2 saturated heterocycles. The van der Waals surface area contributed by atoms with E-state index in [0.717, 1.165) is 4.57 Å². The normalized spacial score (nSPS) is 18.4. The molecule has 146 valence electrons. The zero-order valence-electron chi connectivity index (χ0n) is 15.7. The van der Waals surface area contributed by atoms with Crippen LogP contribution in [-0.4, -0.2) is 83.9 Å². The van der Waals surface area contributed by atoms with Crippen molar-refractivity contribution < 1.29 is 9.53 Å². The highest BCUT2D eigenvalue weighted by atomic mass is 16.5. The van der Waals surface area contributed by atoms with Crippen LogP contribution in [0.15, 0.2) is 9.59 Å². The van der Waals surface area contributed by atoms with E-state index in [0.29, 0.717) is 64.8 Å². The number of rotatable bonds is 3. The molecule has 0 bridgehead atoms. The fourth-order valence-corrected chi connectivity index (χ4v) is 3.52. The van der Waals surface area contributed by atoms with Crippen molar-refractivity contribution in [2.45, 2.75) is 0 Å². The molecular weight excluding hydrogens is 352 g/mol. The minimum absolute atomic E-state index is 0.0301. The predicted octanol–water partition coefficient (Wildman–Crippen LogP) is -2.06. The maximum atomic E-state index is 12.4. The fraction of sp³-hybridized carbons (Fsp3) is 0.647. The van der Waals surface area contributed by atoms with Crippen LogP contribution >= 0.6 is 0 Å². The SMILES string of the molecule is Cn1c(N2CCN(CC(=O)N3CCOCC3)CC2)c(C#N)c(=O)n(C)c1=O. The van der Waals surface area contributed by atoms with Crippen LogP contribution in [0.2, 0.25) is 0 Å². The van der Waals surface area contributed by atoms with E-state index in [9.17, 15) is 19.6 Å². The number of morpholine rings is 1. The second-order valence-corrected chi connectivity index (χ2v) is 6.77. The van der Waals surface area contributed by atoms with Gasteiger partial charge in [-0.1, -0.05) is 0 Å². The van der Waals surface area contributed by atoms with Gasteiger partial charge in [0.15, 0.2) is 5.56 Å². The van der Waals surface area contributed by atoms with Gasteiger partial charge in [-0.2, -0.15) is 5.26 Å². The van der Waals surface area contributed by atoms with Crippen LogP contribution in [0, 0.1) is 11.3 Å². The van der Waals surface area contributed by atoms with Crippen LogP contribution in [0.5, 0.6) is 0 Å². The first-order valence-corrected chi connectivity index (χ1v) is 8.97. The molecule has 3 rings (SSSR count). The topological polar surface area (TPSA) is 104 Å². The molecule has 27 heavy (non-hydrogen) atoms. The van der Waals surface area contributed by atoms with Crippen LogP contribution in [0.25, 0.3) is 0 Å². The van der Waals surface area contributed by atoms with Crippen molar-refractivity contribution in [3.8, 4) is 6.07 Å². The van der Waals surface area contributed by atoms with Crippen molar-refractivity contribution in [2.24, 2.45) is 14.1 Å². The van der Waals surface area contributed by atoms with Crippen molar-refractivity contribution >= 4 is 11.7 Å². The molecule has 2 aliphatic heterocycles. The van der Waals surface area contributed by atoms with Crippen molar-refractivity contribution in [1.29, 1.82) is 5.26 Å². The fourth-order valence-electron chi connectivity index (χ4n) is 3.52. The van der Waals surface area contributed by atoms with E-state index in [2.05, 4.69) is 4.90 Å². The Hall–Kier alpha value is -2.64. The number of nitrogens with zero attached hydrogens (tertiary/aromatic N) is 6. The minimum atomic E-state index is -0.583. The summed E-state index contributed by atoms with van der Waals surface area (Å²) in [7, 11) is 2.93. The van der Waals surface area contributed by atoms with Crippen molar-refractivity contribution in [2.75, 3.05) is 63.9 Å². The summed E-state index contributed by atoms with van der Waals surface area (Å²) in [6, 6.07) is 1.94. The standard InChI is InChI=1S/C17H24N6O4/c1-19-15(13(11-18)16(25)20(2)17(19)26)23-5-3-21(4-6-23)12-14(24)22-7-9-27-10-8-22/h3-10,12H2,1-2H3. The highest BCUT2D eigenvalue weighted by Crippen LogP contribution is 2.17. The van der Waals surface area contributed by atoms with Gasteiger partial charge in [-0.15, -0.1) is 0 Å². The summed E-state index contributed by atoms with van der Waals surface area (Å²) in [5.74, 6) is 0.440. The lowest BCUT2D eigenvalue weighted by molar-refractivity contribution is -0.136. The summed E-state index contributed by atoms with van der Waals surface area (Å²) >= 11 is 0. The molecule has 0 spiro atoms. The lowest BCUT2D eigenvalue weighted by Crippen LogP contribution is -2.53. The molecule has 10 heteroatoms. The van der Waals surface area contributed by atoms with E-state index >= 15 is 0 Å². The van der Waals surface area contributed by atoms with Gasteiger partial charge in [-0.25, -0.2) is 4.79 Å². The molecule has 0 N–H and O–H groups in total. The molecule has 0 aliphatic carbocycles. The quantitative estimate of drug-likeness (QED) is 0.597. The van der Waals surface area contributed by atoms with Gasteiger partial charge in [0.2, 0.25) is 5.91 Å². The molecule has 3 heterocycles. The van der Waals surface area contributed by atoms with Crippen LogP contribution in [-0.2, 0) is 23.6 Å². The number of carbonyl (C=O) groups excluding carboxylic acids is 1. The summed E-state index contributed by atoms with van der Waals surface area (Å²) in [5, 5.41) is 9.41. The first kappa shape index (κ1) is 19.1. The summed E-state index contributed by atoms with van der Waals surface area (Å²) in [4.78, 5) is 42.6. The Balaban J connectivity index is 1.69. The van der Waals surface area contributed by atoms with Gasteiger partial charge in [0.25, 0.3) is 5.56 Å². The van der Waals surface area contributed by atoms with E-state index < -0.39 is 11.2 Å². The van der Waals surface area contributed by atoms with E-state index in [1.165, 1.54) is 11.6 Å². The predicted molar refractivity (Wildman–Crippen MR) is 97.7 cm³/mol. The third-order valence-corrected chi connectivity index (χ3v) is 5.14. The molecule has 0 radical (unpaired) electrons. The highest BCUT2D eigenvalue weighted by molar-refractivity contribution is 5.78. The van der Waals surface area contributed by atoms with Gasteiger partial charge in [0.05, 0.1) is 19.8 Å². The monoisotopic (exact) mass is 376 g/mol. The van der Waals surface area contributed by atoms with Gasteiger partial charge in [-0.05, 0) is 0 Å². The molecule has 2 aliphatic rings. The lowest BCUT2D eigenvalue weighted by atomic mass is 10.2. The minimum Gasteiger partial charge on any atom is -0.378 e. The number of anilines is 1. The molecule has 1 amide bonds. The average Bonchev–Trinajstić information content (AvgIpc) is 2.70. The number of nitriles is 1. The van der Waals surface area contributed by atoms with Gasteiger partial charge in [0.1, 0.15) is 11.9 Å². The third-order valence-electron chi connectivity index (χ3n) is 5.14. The molecule has 0 aromatic carbocycles. The van der Waals surface area contributed by atoms with Crippen LogP contribution in [0.4, 0.5) is 5.82 Å². The Kier molecular flexibility index (Phi) is 5.62. The molecular formula is C17H24N6O4. The van der Waals surface area contributed by atoms with Crippen LogP contribution in [0.1, 0.15) is 5.56 Å². The van der Waals surface area contributed by atoms with Gasteiger partial charge in [0, 0.05) is 53.4 Å². The number of hydrogen-bond acceptors (Lipinski definition) is 7. The Morgan fingerprint density at radius 1 is 1.04 bits per heavy atom. The van der Waals surface area contributed by atoms with Gasteiger partial charge >= 0.3 is 5.69 Å². The maximum Gasteiger partial charge on any atom is 0.332 e. The number of piperazine rings is 1. The summed E-state index contributed by atoms with van der Waals surface area (Å²) < 4.78 is 7.55. The Morgan fingerprint density at radius 3 is 2.26 bits per heavy atom. The van der Waals surface area contributed by atoms with E-state index in [4.69, 9.17) is 4.74 Å². The summed E-state index contributed by atoms with van der Waals surface area (Å²) in [6.07, 6.45) is 0. The number of carbonyl (C=O) groups is 1. The maximum absolute atomic E-state index is 12.4.